The summed E-state index contributed by atoms with van der Waals surface area (Å²) in [5, 5.41) is 0. The first-order valence-corrected chi connectivity index (χ1v) is 6.62. The maximum absolute atomic E-state index is 11.2. The van der Waals surface area contributed by atoms with Gasteiger partial charge >= 0.3 is 17.9 Å². The molecule has 0 aliphatic carbocycles. The van der Waals surface area contributed by atoms with E-state index in [0.29, 0.717) is 0 Å². The standard InChI is InChI=1S/C14H22O5/c1-3-4-5-6-7-8-11-18-13(16)9-10-14(17)19-12(2)15/h8,11H,3-7,9-10H2,1-2H3. The first-order chi connectivity index (χ1) is 9.06. The predicted molar refractivity (Wildman–Crippen MR) is 70.0 cm³/mol. The molecule has 0 spiro atoms. The minimum absolute atomic E-state index is 0.0910. The summed E-state index contributed by atoms with van der Waals surface area (Å²) in [4.78, 5) is 32.6. The van der Waals surface area contributed by atoms with Gasteiger partial charge in [0.2, 0.25) is 0 Å². The Balaban J connectivity index is 3.56. The van der Waals surface area contributed by atoms with Crippen LogP contribution in [0.1, 0.15) is 58.8 Å². The van der Waals surface area contributed by atoms with Crippen LogP contribution in [0.5, 0.6) is 0 Å². The smallest absolute Gasteiger partial charge is 0.314 e. The Bertz CT molecular complexity index is 320. The molecule has 5 heteroatoms. The van der Waals surface area contributed by atoms with Crippen LogP contribution in [0, 0.1) is 0 Å². The lowest BCUT2D eigenvalue weighted by atomic mass is 10.1. The van der Waals surface area contributed by atoms with Gasteiger partial charge in [0.25, 0.3) is 0 Å². The molecule has 0 aliphatic rings. The summed E-state index contributed by atoms with van der Waals surface area (Å²) in [6.07, 6.45) is 8.43. The lowest BCUT2D eigenvalue weighted by Crippen LogP contribution is -2.11. The summed E-state index contributed by atoms with van der Waals surface area (Å²) in [7, 11) is 0. The van der Waals surface area contributed by atoms with Crippen molar-refractivity contribution in [3.05, 3.63) is 12.3 Å². The summed E-state index contributed by atoms with van der Waals surface area (Å²) in [6, 6.07) is 0. The van der Waals surface area contributed by atoms with Crippen molar-refractivity contribution in [2.75, 3.05) is 0 Å². The minimum Gasteiger partial charge on any atom is -0.435 e. The van der Waals surface area contributed by atoms with Gasteiger partial charge in [0.15, 0.2) is 0 Å². The molecule has 5 nitrogen and oxygen atoms in total. The van der Waals surface area contributed by atoms with Gasteiger partial charge in [-0.3, -0.25) is 14.4 Å². The number of carbonyl (C=O) groups is 3. The van der Waals surface area contributed by atoms with Crippen molar-refractivity contribution >= 4 is 17.9 Å². The van der Waals surface area contributed by atoms with E-state index in [1.165, 1.54) is 25.5 Å². The largest absolute Gasteiger partial charge is 0.435 e. The van der Waals surface area contributed by atoms with E-state index in [9.17, 15) is 14.4 Å². The number of carbonyl (C=O) groups excluding carboxylic acids is 3. The highest BCUT2D eigenvalue weighted by Gasteiger charge is 2.09. The number of hydrogen-bond donors (Lipinski definition) is 0. The number of hydrogen-bond acceptors (Lipinski definition) is 5. The third-order valence-electron chi connectivity index (χ3n) is 2.31. The van der Waals surface area contributed by atoms with Crippen LogP contribution in [-0.4, -0.2) is 17.9 Å². The van der Waals surface area contributed by atoms with Crippen LogP contribution < -0.4 is 0 Å². The highest BCUT2D eigenvalue weighted by atomic mass is 16.6. The zero-order valence-electron chi connectivity index (χ0n) is 11.6. The Morgan fingerprint density at radius 2 is 1.68 bits per heavy atom. The molecule has 0 fully saturated rings. The summed E-state index contributed by atoms with van der Waals surface area (Å²) in [5.41, 5.74) is 0. The van der Waals surface area contributed by atoms with Crippen molar-refractivity contribution < 1.29 is 23.9 Å². The maximum Gasteiger partial charge on any atom is 0.314 e. The van der Waals surface area contributed by atoms with Crippen molar-refractivity contribution in [2.45, 2.75) is 58.8 Å². The third kappa shape index (κ3) is 12.6. The number of esters is 3. The summed E-state index contributed by atoms with van der Waals surface area (Å²) >= 11 is 0. The third-order valence-corrected chi connectivity index (χ3v) is 2.31. The maximum atomic E-state index is 11.2. The highest BCUT2D eigenvalue weighted by molar-refractivity contribution is 5.86. The highest BCUT2D eigenvalue weighted by Crippen LogP contribution is 2.03. The first kappa shape index (κ1) is 17.4. The Labute approximate surface area is 114 Å². The molecule has 0 saturated heterocycles. The van der Waals surface area contributed by atoms with E-state index in [4.69, 9.17) is 4.74 Å². The second-order valence-corrected chi connectivity index (χ2v) is 4.18. The fraction of sp³-hybridized carbons (Fsp3) is 0.643. The molecule has 0 rings (SSSR count). The molecule has 0 unspecified atom stereocenters. The van der Waals surface area contributed by atoms with E-state index in [0.717, 1.165) is 19.8 Å². The molecule has 0 heterocycles. The number of rotatable bonds is 9. The SMILES string of the molecule is CCCCCCC=COC(=O)CCC(=O)OC(C)=O. The predicted octanol–water partition coefficient (Wildman–Crippen LogP) is 2.88. The van der Waals surface area contributed by atoms with Gasteiger partial charge in [-0.05, 0) is 18.9 Å². The molecular weight excluding hydrogens is 248 g/mol. The molecular formula is C14H22O5. The second kappa shape index (κ2) is 11.4. The Morgan fingerprint density at radius 3 is 2.32 bits per heavy atom. The van der Waals surface area contributed by atoms with Crippen molar-refractivity contribution in [3.63, 3.8) is 0 Å². The van der Waals surface area contributed by atoms with Crippen LogP contribution in [0.25, 0.3) is 0 Å². The monoisotopic (exact) mass is 270 g/mol. The average Bonchev–Trinajstić information content (AvgIpc) is 2.34. The van der Waals surface area contributed by atoms with E-state index in [1.54, 1.807) is 6.08 Å². The average molecular weight is 270 g/mol. The van der Waals surface area contributed by atoms with E-state index in [1.807, 2.05) is 0 Å². The fourth-order valence-electron chi connectivity index (χ4n) is 1.36. The second-order valence-electron chi connectivity index (χ2n) is 4.18. The van der Waals surface area contributed by atoms with Crippen LogP contribution in [0.2, 0.25) is 0 Å². The molecule has 0 amide bonds. The molecule has 0 aromatic heterocycles. The molecule has 108 valence electrons. The quantitative estimate of drug-likeness (QED) is 0.279. The molecule has 0 radical (unpaired) electrons. The van der Waals surface area contributed by atoms with Crippen molar-refractivity contribution in [2.24, 2.45) is 0 Å². The van der Waals surface area contributed by atoms with Gasteiger partial charge in [0, 0.05) is 6.92 Å². The van der Waals surface area contributed by atoms with E-state index in [2.05, 4.69) is 11.7 Å². The fourth-order valence-corrected chi connectivity index (χ4v) is 1.36. The summed E-state index contributed by atoms with van der Waals surface area (Å²) in [5.74, 6) is -1.90. The van der Waals surface area contributed by atoms with Crippen molar-refractivity contribution in [3.8, 4) is 0 Å². The first-order valence-electron chi connectivity index (χ1n) is 6.62. The molecule has 0 aromatic rings. The number of allylic oxidation sites excluding steroid dienone is 1. The Hall–Kier alpha value is -1.65. The van der Waals surface area contributed by atoms with Gasteiger partial charge in [-0.1, -0.05) is 26.2 Å². The van der Waals surface area contributed by atoms with Crippen LogP contribution in [0.3, 0.4) is 0 Å². The van der Waals surface area contributed by atoms with Gasteiger partial charge in [-0.2, -0.15) is 0 Å². The normalized spacial score (nSPS) is 10.4. The van der Waals surface area contributed by atoms with Crippen LogP contribution in [0.4, 0.5) is 0 Å². The number of ether oxygens (including phenoxy) is 2. The van der Waals surface area contributed by atoms with Gasteiger partial charge in [0.1, 0.15) is 0 Å². The van der Waals surface area contributed by atoms with E-state index < -0.39 is 17.9 Å². The van der Waals surface area contributed by atoms with Crippen LogP contribution in [0.15, 0.2) is 12.3 Å². The Morgan fingerprint density at radius 1 is 1.00 bits per heavy atom. The zero-order chi connectivity index (χ0) is 14.5. The molecule has 0 aliphatic heterocycles. The number of unbranched alkanes of at least 4 members (excludes halogenated alkanes) is 4. The van der Waals surface area contributed by atoms with E-state index >= 15 is 0 Å². The molecule has 0 N–H and O–H groups in total. The van der Waals surface area contributed by atoms with Gasteiger partial charge in [0.05, 0.1) is 19.1 Å². The van der Waals surface area contributed by atoms with Crippen molar-refractivity contribution in [1.82, 2.24) is 0 Å². The molecule has 0 atom stereocenters. The van der Waals surface area contributed by atoms with Gasteiger partial charge in [-0.25, -0.2) is 0 Å². The summed E-state index contributed by atoms with van der Waals surface area (Å²) < 4.78 is 9.07. The van der Waals surface area contributed by atoms with Gasteiger partial charge in [-0.15, -0.1) is 0 Å². The Kier molecular flexibility index (Phi) is 10.4. The van der Waals surface area contributed by atoms with Crippen LogP contribution in [-0.2, 0) is 23.9 Å². The molecule has 0 aromatic carbocycles. The lowest BCUT2D eigenvalue weighted by Gasteiger charge is -1.99. The lowest BCUT2D eigenvalue weighted by molar-refractivity contribution is -0.159. The van der Waals surface area contributed by atoms with Crippen molar-refractivity contribution in [1.29, 1.82) is 0 Å². The topological polar surface area (TPSA) is 69.7 Å². The molecule has 0 bridgehead atoms. The molecule has 19 heavy (non-hydrogen) atoms. The van der Waals surface area contributed by atoms with E-state index in [-0.39, 0.29) is 12.8 Å². The molecule has 0 saturated carbocycles. The van der Waals surface area contributed by atoms with Gasteiger partial charge < -0.3 is 9.47 Å². The zero-order valence-corrected chi connectivity index (χ0v) is 11.6. The minimum atomic E-state index is -0.715. The summed E-state index contributed by atoms with van der Waals surface area (Å²) in [6.45, 7) is 3.28. The van der Waals surface area contributed by atoms with Crippen LogP contribution >= 0.6 is 0 Å².